The summed E-state index contributed by atoms with van der Waals surface area (Å²) in [7, 11) is 0. The molecule has 0 radical (unpaired) electrons. The van der Waals surface area contributed by atoms with Crippen LogP contribution in [0.15, 0.2) is 42.9 Å². The van der Waals surface area contributed by atoms with Gasteiger partial charge in [0.05, 0.1) is 23.6 Å². The summed E-state index contributed by atoms with van der Waals surface area (Å²) < 4.78 is 45.0. The summed E-state index contributed by atoms with van der Waals surface area (Å²) in [6.45, 7) is 3.29. The SMILES string of the molecule is Cc1cnc(Nc2cnn(C3CCOCC3)c2)nc1-c1ccc(C(=O)NC(F)C(F)F)cc1. The van der Waals surface area contributed by atoms with Gasteiger partial charge in [0.15, 0.2) is 0 Å². The third-order valence-electron chi connectivity index (χ3n) is 5.31. The minimum absolute atomic E-state index is 0.0626. The lowest BCUT2D eigenvalue weighted by molar-refractivity contribution is 0.0287. The van der Waals surface area contributed by atoms with Crippen LogP contribution in [0.5, 0.6) is 0 Å². The Morgan fingerprint density at radius 1 is 1.15 bits per heavy atom. The molecule has 0 saturated carbocycles. The zero-order valence-electron chi connectivity index (χ0n) is 17.8. The third-order valence-corrected chi connectivity index (χ3v) is 5.31. The number of anilines is 2. The van der Waals surface area contributed by atoms with E-state index < -0.39 is 18.6 Å². The smallest absolute Gasteiger partial charge is 0.287 e. The Bertz CT molecular complexity index is 1100. The van der Waals surface area contributed by atoms with Crippen molar-refractivity contribution in [2.75, 3.05) is 18.5 Å². The molecule has 3 heterocycles. The predicted octanol–water partition coefficient (Wildman–Crippen LogP) is 4.03. The van der Waals surface area contributed by atoms with Crippen molar-refractivity contribution in [2.45, 2.75) is 38.5 Å². The number of nitrogens with one attached hydrogen (secondary N) is 2. The Morgan fingerprint density at radius 2 is 1.88 bits per heavy atom. The van der Waals surface area contributed by atoms with Crippen LogP contribution in [0.25, 0.3) is 11.3 Å². The summed E-state index contributed by atoms with van der Waals surface area (Å²) >= 11 is 0. The molecule has 1 amide bonds. The molecule has 1 unspecified atom stereocenters. The second-order valence-electron chi connectivity index (χ2n) is 7.69. The maximum atomic E-state index is 13.1. The highest BCUT2D eigenvalue weighted by Gasteiger charge is 2.22. The lowest BCUT2D eigenvalue weighted by atomic mass is 10.1. The predicted molar refractivity (Wildman–Crippen MR) is 115 cm³/mol. The van der Waals surface area contributed by atoms with Crippen LogP contribution in [0.2, 0.25) is 0 Å². The molecule has 1 fully saturated rings. The average Bonchev–Trinajstić information content (AvgIpc) is 3.29. The molecule has 2 N–H and O–H groups in total. The number of nitrogens with zero attached hydrogens (tertiary/aromatic N) is 4. The number of hydrogen-bond acceptors (Lipinski definition) is 6. The Morgan fingerprint density at radius 3 is 2.58 bits per heavy atom. The minimum atomic E-state index is -3.29. The topological polar surface area (TPSA) is 94.0 Å². The number of aromatic nitrogens is 4. The maximum absolute atomic E-state index is 13.1. The van der Waals surface area contributed by atoms with Crippen molar-refractivity contribution in [3.63, 3.8) is 0 Å². The van der Waals surface area contributed by atoms with Crippen LogP contribution < -0.4 is 10.6 Å². The van der Waals surface area contributed by atoms with Gasteiger partial charge in [0.25, 0.3) is 12.3 Å². The van der Waals surface area contributed by atoms with Gasteiger partial charge < -0.3 is 15.4 Å². The van der Waals surface area contributed by atoms with E-state index in [1.165, 1.54) is 12.1 Å². The number of benzene rings is 1. The Kier molecular flexibility index (Phi) is 6.87. The van der Waals surface area contributed by atoms with Gasteiger partial charge in [-0.05, 0) is 37.5 Å². The largest absolute Gasteiger partial charge is 0.381 e. The van der Waals surface area contributed by atoms with Crippen LogP contribution in [0.1, 0.15) is 34.8 Å². The van der Waals surface area contributed by atoms with Gasteiger partial charge in [-0.2, -0.15) is 5.10 Å². The van der Waals surface area contributed by atoms with Crippen molar-refractivity contribution in [3.8, 4) is 11.3 Å². The van der Waals surface area contributed by atoms with Crippen LogP contribution in [-0.2, 0) is 4.74 Å². The second-order valence-corrected chi connectivity index (χ2v) is 7.69. The normalized spacial score (nSPS) is 15.4. The van der Waals surface area contributed by atoms with Crippen LogP contribution in [0.3, 0.4) is 0 Å². The second kappa shape index (κ2) is 9.99. The molecule has 33 heavy (non-hydrogen) atoms. The van der Waals surface area contributed by atoms with Crippen molar-refractivity contribution >= 4 is 17.5 Å². The van der Waals surface area contributed by atoms with E-state index in [0.717, 1.165) is 37.3 Å². The first kappa shape index (κ1) is 22.7. The maximum Gasteiger partial charge on any atom is 0.287 e. The number of carbonyl (C=O) groups excluding carboxylic acids is 1. The van der Waals surface area contributed by atoms with Crippen molar-refractivity contribution in [1.82, 2.24) is 25.1 Å². The first-order valence-corrected chi connectivity index (χ1v) is 10.5. The monoisotopic (exact) mass is 460 g/mol. The molecule has 1 aliphatic rings. The number of hydrogen-bond donors (Lipinski definition) is 2. The fourth-order valence-corrected chi connectivity index (χ4v) is 3.53. The number of alkyl halides is 3. The average molecular weight is 460 g/mol. The summed E-state index contributed by atoms with van der Waals surface area (Å²) in [6, 6.07) is 6.39. The van der Waals surface area contributed by atoms with Crippen molar-refractivity contribution in [1.29, 1.82) is 0 Å². The molecule has 3 aromatic rings. The Balaban J connectivity index is 1.47. The van der Waals surface area contributed by atoms with Gasteiger partial charge in [-0.3, -0.25) is 9.48 Å². The molecule has 4 rings (SSSR count). The molecule has 0 bridgehead atoms. The van der Waals surface area contributed by atoms with E-state index in [1.54, 1.807) is 29.8 Å². The number of aryl methyl sites for hydroxylation is 1. The van der Waals surface area contributed by atoms with Crippen molar-refractivity contribution in [2.24, 2.45) is 0 Å². The number of amides is 1. The highest BCUT2D eigenvalue weighted by molar-refractivity contribution is 5.94. The molecule has 0 spiro atoms. The molecule has 11 heteroatoms. The molecule has 8 nitrogen and oxygen atoms in total. The van der Waals surface area contributed by atoms with E-state index in [9.17, 15) is 18.0 Å². The highest BCUT2D eigenvalue weighted by Crippen LogP contribution is 2.25. The van der Waals surface area contributed by atoms with Gasteiger partial charge >= 0.3 is 0 Å². The van der Waals surface area contributed by atoms with Gasteiger partial charge in [0.1, 0.15) is 0 Å². The van der Waals surface area contributed by atoms with Crippen LogP contribution in [-0.4, -0.2) is 51.6 Å². The van der Waals surface area contributed by atoms with Gasteiger partial charge in [-0.25, -0.2) is 23.1 Å². The zero-order chi connectivity index (χ0) is 23.4. The number of ether oxygens (including phenoxy) is 1. The lowest BCUT2D eigenvalue weighted by Gasteiger charge is -2.22. The standard InChI is InChI=1S/C22H23F3N6O2/c1-13-10-26-22(28-16-11-27-31(12-16)17-6-8-33-9-7-17)29-18(13)14-2-4-15(5-3-14)21(32)30-20(25)19(23)24/h2-5,10-12,17,19-20H,6-9H2,1H3,(H,30,32)(H,26,28,29). The fourth-order valence-electron chi connectivity index (χ4n) is 3.53. The first-order chi connectivity index (χ1) is 15.9. The van der Waals surface area contributed by atoms with E-state index in [4.69, 9.17) is 4.74 Å². The minimum Gasteiger partial charge on any atom is -0.381 e. The summed E-state index contributed by atoms with van der Waals surface area (Å²) in [4.78, 5) is 20.8. The van der Waals surface area contributed by atoms with E-state index in [1.807, 2.05) is 17.8 Å². The number of carbonyl (C=O) groups is 1. The first-order valence-electron chi connectivity index (χ1n) is 10.5. The van der Waals surface area contributed by atoms with Gasteiger partial charge in [0, 0.05) is 36.7 Å². The Labute approximate surface area is 188 Å². The molecule has 1 aromatic carbocycles. The van der Waals surface area contributed by atoms with E-state index >= 15 is 0 Å². The molecule has 1 atom stereocenters. The molecule has 0 aliphatic carbocycles. The molecular weight excluding hydrogens is 437 g/mol. The fraction of sp³-hybridized carbons (Fsp3) is 0.364. The van der Waals surface area contributed by atoms with Crippen LogP contribution in [0.4, 0.5) is 24.8 Å². The van der Waals surface area contributed by atoms with E-state index in [0.29, 0.717) is 23.2 Å². The summed E-state index contributed by atoms with van der Waals surface area (Å²) in [6.07, 6.45) is 1.11. The van der Waals surface area contributed by atoms with Gasteiger partial charge in [-0.1, -0.05) is 12.1 Å². The molecule has 1 saturated heterocycles. The number of halogens is 3. The van der Waals surface area contributed by atoms with E-state index in [-0.39, 0.29) is 5.56 Å². The summed E-state index contributed by atoms with van der Waals surface area (Å²) in [5, 5.41) is 9.19. The summed E-state index contributed by atoms with van der Waals surface area (Å²) in [5.41, 5.74) is 2.94. The highest BCUT2D eigenvalue weighted by atomic mass is 19.3. The molecule has 2 aromatic heterocycles. The van der Waals surface area contributed by atoms with Gasteiger partial charge in [0.2, 0.25) is 12.2 Å². The molecule has 174 valence electrons. The zero-order valence-corrected chi connectivity index (χ0v) is 17.8. The lowest BCUT2D eigenvalue weighted by Crippen LogP contribution is -2.36. The van der Waals surface area contributed by atoms with Crippen molar-refractivity contribution < 1.29 is 22.7 Å². The van der Waals surface area contributed by atoms with E-state index in [2.05, 4.69) is 20.4 Å². The molecular formula is C22H23F3N6O2. The van der Waals surface area contributed by atoms with Crippen LogP contribution >= 0.6 is 0 Å². The van der Waals surface area contributed by atoms with Crippen LogP contribution in [0, 0.1) is 6.92 Å². The van der Waals surface area contributed by atoms with Crippen molar-refractivity contribution in [3.05, 3.63) is 54.0 Å². The quantitative estimate of drug-likeness (QED) is 0.517. The third kappa shape index (κ3) is 5.48. The summed E-state index contributed by atoms with van der Waals surface area (Å²) in [5.74, 6) is -0.543. The molecule has 1 aliphatic heterocycles. The van der Waals surface area contributed by atoms with Gasteiger partial charge in [-0.15, -0.1) is 0 Å². The Hall–Kier alpha value is -3.47. The number of rotatable bonds is 7.